The third-order valence-corrected chi connectivity index (χ3v) is 10.3. The number of hydrogen-bond donors (Lipinski definition) is 2. The van der Waals surface area contributed by atoms with Crippen LogP contribution in [0.5, 0.6) is 0 Å². The first-order chi connectivity index (χ1) is 13.5. The maximum absolute atomic E-state index is 10.2. The highest BCUT2D eigenvalue weighted by atomic mass is 16.3. The molecule has 0 saturated heterocycles. The van der Waals surface area contributed by atoms with Crippen molar-refractivity contribution in [2.75, 3.05) is 0 Å². The molecule has 0 aromatic carbocycles. The summed E-state index contributed by atoms with van der Waals surface area (Å²) < 4.78 is 0. The smallest absolute Gasteiger partial charge is 0.0591 e. The van der Waals surface area contributed by atoms with Gasteiger partial charge in [0.1, 0.15) is 0 Å². The standard InChI is InChI=1S/C27H46O2/c1-18(7-6-14-25(2,3)29)22-10-11-23-21-9-8-19-17-20(28)12-15-26(19,4)24(21)13-16-27(22,23)5/h8,18,20-24,28-29H,6-7,9-17H2,1-5H3/t18-,20-,21-,22-,23-,24-,26+,27-/m0/s1. The van der Waals surface area contributed by atoms with Gasteiger partial charge in [0.25, 0.3) is 0 Å². The molecular weight excluding hydrogens is 356 g/mol. The van der Waals surface area contributed by atoms with Crippen LogP contribution in [0.3, 0.4) is 0 Å². The number of rotatable bonds is 5. The minimum atomic E-state index is -0.519. The first kappa shape index (κ1) is 21.9. The van der Waals surface area contributed by atoms with Gasteiger partial charge in [-0.1, -0.05) is 45.3 Å². The summed E-state index contributed by atoms with van der Waals surface area (Å²) >= 11 is 0. The summed E-state index contributed by atoms with van der Waals surface area (Å²) in [6.45, 7) is 11.6. The second-order valence-corrected chi connectivity index (χ2v) is 12.6. The molecule has 0 bridgehead atoms. The number of allylic oxidation sites excluding steroid dienone is 1. The fourth-order valence-corrected chi connectivity index (χ4v) is 8.67. The Balaban J connectivity index is 1.47. The average molecular weight is 403 g/mol. The van der Waals surface area contributed by atoms with E-state index in [9.17, 15) is 10.2 Å². The highest BCUT2D eigenvalue weighted by molar-refractivity contribution is 5.25. The second kappa shape index (κ2) is 7.66. The SMILES string of the molecule is C[C@@H](CCCC(C)(C)O)[C@@H]1CC[C@H]2[C@@H]3CC=C4C[C@@H](O)CC[C@@]4(C)[C@H]3CC[C@]21C. The minimum absolute atomic E-state index is 0.0969. The van der Waals surface area contributed by atoms with Crippen LogP contribution < -0.4 is 0 Å². The maximum atomic E-state index is 10.2. The summed E-state index contributed by atoms with van der Waals surface area (Å²) in [5.74, 6) is 4.24. The summed E-state index contributed by atoms with van der Waals surface area (Å²) in [6.07, 6.45) is 15.9. The van der Waals surface area contributed by atoms with Gasteiger partial charge in [-0.3, -0.25) is 0 Å². The Morgan fingerprint density at radius 2 is 1.86 bits per heavy atom. The lowest BCUT2D eigenvalue weighted by atomic mass is 9.47. The van der Waals surface area contributed by atoms with Crippen molar-refractivity contribution in [3.63, 3.8) is 0 Å². The molecule has 0 unspecified atom stereocenters. The van der Waals surface area contributed by atoms with Crippen LogP contribution in [0.2, 0.25) is 0 Å². The molecule has 3 saturated carbocycles. The van der Waals surface area contributed by atoms with Gasteiger partial charge in [0, 0.05) is 0 Å². The van der Waals surface area contributed by atoms with Crippen LogP contribution in [0.15, 0.2) is 11.6 Å². The molecule has 8 atom stereocenters. The lowest BCUT2D eigenvalue weighted by Gasteiger charge is -2.58. The molecule has 0 aliphatic heterocycles. The molecule has 0 aromatic heterocycles. The van der Waals surface area contributed by atoms with Crippen LogP contribution in [0.25, 0.3) is 0 Å². The second-order valence-electron chi connectivity index (χ2n) is 12.6. The van der Waals surface area contributed by atoms with Crippen LogP contribution in [-0.4, -0.2) is 21.9 Å². The Bertz CT molecular complexity index is 631. The Hall–Kier alpha value is -0.340. The summed E-state index contributed by atoms with van der Waals surface area (Å²) in [6, 6.07) is 0. The van der Waals surface area contributed by atoms with Crippen LogP contribution in [0.4, 0.5) is 0 Å². The molecule has 0 spiro atoms. The summed E-state index contributed by atoms with van der Waals surface area (Å²) in [7, 11) is 0. The van der Waals surface area contributed by atoms with Gasteiger partial charge in [-0.15, -0.1) is 0 Å². The van der Waals surface area contributed by atoms with Gasteiger partial charge in [0.15, 0.2) is 0 Å². The van der Waals surface area contributed by atoms with Crippen molar-refractivity contribution in [1.29, 1.82) is 0 Å². The van der Waals surface area contributed by atoms with Gasteiger partial charge in [-0.2, -0.15) is 0 Å². The molecule has 2 heteroatoms. The molecule has 2 N–H and O–H groups in total. The number of hydrogen-bond acceptors (Lipinski definition) is 2. The molecule has 0 heterocycles. The van der Waals surface area contributed by atoms with Crippen molar-refractivity contribution in [2.24, 2.45) is 40.4 Å². The van der Waals surface area contributed by atoms with Gasteiger partial charge >= 0.3 is 0 Å². The number of fused-ring (bicyclic) bond motifs is 5. The summed E-state index contributed by atoms with van der Waals surface area (Å²) in [4.78, 5) is 0. The van der Waals surface area contributed by atoms with E-state index in [4.69, 9.17) is 0 Å². The van der Waals surface area contributed by atoms with Crippen LogP contribution in [-0.2, 0) is 0 Å². The summed E-state index contributed by atoms with van der Waals surface area (Å²) in [5.41, 5.74) is 1.95. The van der Waals surface area contributed by atoms with Gasteiger partial charge in [0.05, 0.1) is 11.7 Å². The van der Waals surface area contributed by atoms with E-state index < -0.39 is 5.60 Å². The number of aliphatic hydroxyl groups is 2. The number of aliphatic hydroxyl groups excluding tert-OH is 1. The van der Waals surface area contributed by atoms with E-state index >= 15 is 0 Å². The third-order valence-electron chi connectivity index (χ3n) is 10.3. The van der Waals surface area contributed by atoms with Crippen molar-refractivity contribution < 1.29 is 10.2 Å². The van der Waals surface area contributed by atoms with Crippen LogP contribution in [0, 0.1) is 40.4 Å². The molecule has 4 rings (SSSR count). The first-order valence-corrected chi connectivity index (χ1v) is 12.6. The third kappa shape index (κ3) is 3.86. The van der Waals surface area contributed by atoms with Crippen molar-refractivity contribution in [3.05, 3.63) is 11.6 Å². The van der Waals surface area contributed by atoms with E-state index in [0.29, 0.717) is 10.8 Å². The molecule has 4 aliphatic carbocycles. The quantitative estimate of drug-likeness (QED) is 0.515. The molecule has 0 amide bonds. The lowest BCUT2D eigenvalue weighted by Crippen LogP contribution is -2.50. The van der Waals surface area contributed by atoms with E-state index in [2.05, 4.69) is 26.8 Å². The molecule has 166 valence electrons. The first-order valence-electron chi connectivity index (χ1n) is 12.6. The van der Waals surface area contributed by atoms with E-state index in [1.807, 2.05) is 13.8 Å². The van der Waals surface area contributed by atoms with E-state index in [-0.39, 0.29) is 6.10 Å². The fraction of sp³-hybridized carbons (Fsp3) is 0.926. The average Bonchev–Trinajstić information content (AvgIpc) is 2.98. The maximum Gasteiger partial charge on any atom is 0.0591 e. The Morgan fingerprint density at radius 3 is 2.59 bits per heavy atom. The molecule has 0 radical (unpaired) electrons. The zero-order chi connectivity index (χ0) is 21.0. The zero-order valence-corrected chi connectivity index (χ0v) is 19.7. The predicted molar refractivity (Wildman–Crippen MR) is 121 cm³/mol. The molecule has 4 aliphatic rings. The van der Waals surface area contributed by atoms with Crippen molar-refractivity contribution >= 4 is 0 Å². The minimum Gasteiger partial charge on any atom is -0.393 e. The van der Waals surface area contributed by atoms with E-state index in [0.717, 1.165) is 55.3 Å². The molecular formula is C27H46O2. The molecule has 29 heavy (non-hydrogen) atoms. The Morgan fingerprint density at radius 1 is 1.10 bits per heavy atom. The van der Waals surface area contributed by atoms with Crippen molar-refractivity contribution in [1.82, 2.24) is 0 Å². The van der Waals surface area contributed by atoms with Gasteiger partial charge in [0.2, 0.25) is 0 Å². The predicted octanol–water partition coefficient (Wildman–Crippen LogP) is 6.50. The van der Waals surface area contributed by atoms with Crippen molar-refractivity contribution in [3.8, 4) is 0 Å². The highest BCUT2D eigenvalue weighted by Crippen LogP contribution is 2.67. The molecule has 2 nitrogen and oxygen atoms in total. The van der Waals surface area contributed by atoms with E-state index in [1.54, 1.807) is 5.57 Å². The zero-order valence-electron chi connectivity index (χ0n) is 19.7. The van der Waals surface area contributed by atoms with Gasteiger partial charge in [-0.05, 0) is 112 Å². The van der Waals surface area contributed by atoms with Crippen LogP contribution in [0.1, 0.15) is 105 Å². The Kier molecular flexibility index (Phi) is 5.78. The normalized spacial score (nSPS) is 45.8. The van der Waals surface area contributed by atoms with Gasteiger partial charge in [-0.25, -0.2) is 0 Å². The largest absolute Gasteiger partial charge is 0.393 e. The van der Waals surface area contributed by atoms with Gasteiger partial charge < -0.3 is 10.2 Å². The van der Waals surface area contributed by atoms with Crippen molar-refractivity contribution in [2.45, 2.75) is 117 Å². The molecule has 0 aromatic rings. The topological polar surface area (TPSA) is 40.5 Å². The lowest BCUT2D eigenvalue weighted by molar-refractivity contribution is -0.0575. The highest BCUT2D eigenvalue weighted by Gasteiger charge is 2.59. The monoisotopic (exact) mass is 402 g/mol. The summed E-state index contributed by atoms with van der Waals surface area (Å²) in [5, 5.41) is 20.3. The molecule has 3 fully saturated rings. The van der Waals surface area contributed by atoms with E-state index in [1.165, 1.54) is 44.9 Å². The van der Waals surface area contributed by atoms with Crippen LogP contribution >= 0.6 is 0 Å². The fourth-order valence-electron chi connectivity index (χ4n) is 8.67. The Labute approximate surface area is 179 Å².